The SMILES string of the molecule is c1ccc(-c2ccnc(NCc3csc(-c4ncccn4)n3)n2)nc1. The third kappa shape index (κ3) is 3.64. The smallest absolute Gasteiger partial charge is 0.223 e. The summed E-state index contributed by atoms with van der Waals surface area (Å²) >= 11 is 1.51. The van der Waals surface area contributed by atoms with Gasteiger partial charge in [0.1, 0.15) is 0 Å². The first-order valence-corrected chi connectivity index (χ1v) is 8.46. The van der Waals surface area contributed by atoms with Crippen molar-refractivity contribution in [2.45, 2.75) is 6.54 Å². The molecule has 1 N–H and O–H groups in total. The van der Waals surface area contributed by atoms with E-state index in [2.05, 4.69) is 35.2 Å². The lowest BCUT2D eigenvalue weighted by molar-refractivity contribution is 1.01. The molecule has 0 saturated heterocycles. The molecule has 0 unspecified atom stereocenters. The summed E-state index contributed by atoms with van der Waals surface area (Å²) < 4.78 is 0. The fourth-order valence-electron chi connectivity index (χ4n) is 2.17. The molecule has 4 aromatic rings. The molecule has 0 fully saturated rings. The second kappa shape index (κ2) is 7.10. The van der Waals surface area contributed by atoms with Gasteiger partial charge in [0.15, 0.2) is 10.8 Å². The van der Waals surface area contributed by atoms with Gasteiger partial charge >= 0.3 is 0 Å². The van der Waals surface area contributed by atoms with Crippen molar-refractivity contribution in [2.24, 2.45) is 0 Å². The van der Waals surface area contributed by atoms with Gasteiger partial charge in [-0.3, -0.25) is 4.98 Å². The minimum absolute atomic E-state index is 0.523. The Kier molecular flexibility index (Phi) is 4.34. The quantitative estimate of drug-likeness (QED) is 0.593. The van der Waals surface area contributed by atoms with E-state index >= 15 is 0 Å². The van der Waals surface area contributed by atoms with Gasteiger partial charge in [0.2, 0.25) is 5.95 Å². The zero-order valence-electron chi connectivity index (χ0n) is 13.1. The average Bonchev–Trinajstić information content (AvgIpc) is 3.17. The van der Waals surface area contributed by atoms with Gasteiger partial charge < -0.3 is 5.32 Å². The Labute approximate surface area is 147 Å². The summed E-state index contributed by atoms with van der Waals surface area (Å²) in [7, 11) is 0. The fraction of sp³-hybridized carbons (Fsp3) is 0.0588. The van der Waals surface area contributed by atoms with Crippen LogP contribution in [0.25, 0.3) is 22.2 Å². The maximum atomic E-state index is 4.54. The van der Waals surface area contributed by atoms with E-state index in [0.717, 1.165) is 22.1 Å². The van der Waals surface area contributed by atoms with Crippen molar-refractivity contribution < 1.29 is 0 Å². The highest BCUT2D eigenvalue weighted by molar-refractivity contribution is 7.13. The molecule has 0 bridgehead atoms. The number of hydrogen-bond acceptors (Lipinski definition) is 8. The molecule has 0 radical (unpaired) electrons. The van der Waals surface area contributed by atoms with E-state index in [0.29, 0.717) is 18.3 Å². The van der Waals surface area contributed by atoms with Crippen molar-refractivity contribution in [3.63, 3.8) is 0 Å². The molecule has 0 spiro atoms. The van der Waals surface area contributed by atoms with Gasteiger partial charge in [0.25, 0.3) is 0 Å². The van der Waals surface area contributed by atoms with Crippen LogP contribution in [0.2, 0.25) is 0 Å². The predicted molar refractivity (Wildman–Crippen MR) is 95.7 cm³/mol. The summed E-state index contributed by atoms with van der Waals surface area (Å²) in [4.78, 5) is 26.0. The number of hydrogen-bond donors (Lipinski definition) is 1. The lowest BCUT2D eigenvalue weighted by Crippen LogP contribution is -2.04. The number of anilines is 1. The molecule has 4 aromatic heterocycles. The van der Waals surface area contributed by atoms with Crippen LogP contribution >= 0.6 is 11.3 Å². The molecule has 122 valence electrons. The first kappa shape index (κ1) is 15.3. The van der Waals surface area contributed by atoms with Crippen LogP contribution in [0.4, 0.5) is 5.95 Å². The molecular formula is C17H13N7S. The number of aromatic nitrogens is 6. The minimum Gasteiger partial charge on any atom is -0.349 e. The van der Waals surface area contributed by atoms with E-state index in [9.17, 15) is 0 Å². The number of pyridine rings is 1. The van der Waals surface area contributed by atoms with Crippen LogP contribution in [0.5, 0.6) is 0 Å². The topological polar surface area (TPSA) is 89.4 Å². The summed E-state index contributed by atoms with van der Waals surface area (Å²) in [5.74, 6) is 1.17. The molecule has 0 aliphatic rings. The second-order valence-corrected chi connectivity index (χ2v) is 5.91. The largest absolute Gasteiger partial charge is 0.349 e. The van der Waals surface area contributed by atoms with Gasteiger partial charge in [-0.25, -0.2) is 24.9 Å². The molecule has 0 aliphatic carbocycles. The Balaban J connectivity index is 1.46. The molecule has 7 nitrogen and oxygen atoms in total. The normalized spacial score (nSPS) is 10.6. The highest BCUT2D eigenvalue weighted by atomic mass is 32.1. The van der Waals surface area contributed by atoms with E-state index in [1.54, 1.807) is 30.9 Å². The average molecular weight is 347 g/mol. The van der Waals surface area contributed by atoms with Crippen molar-refractivity contribution >= 4 is 17.3 Å². The maximum Gasteiger partial charge on any atom is 0.223 e. The number of rotatable bonds is 5. The maximum absolute atomic E-state index is 4.54. The van der Waals surface area contributed by atoms with Gasteiger partial charge in [-0.15, -0.1) is 11.3 Å². The van der Waals surface area contributed by atoms with Crippen LogP contribution in [0, 0.1) is 0 Å². The minimum atomic E-state index is 0.523. The van der Waals surface area contributed by atoms with E-state index in [-0.39, 0.29) is 0 Å². The molecule has 4 rings (SSSR count). The van der Waals surface area contributed by atoms with Crippen LogP contribution in [0.1, 0.15) is 5.69 Å². The Morgan fingerprint density at radius 1 is 0.800 bits per heavy atom. The van der Waals surface area contributed by atoms with Crippen LogP contribution in [-0.2, 0) is 6.54 Å². The summed E-state index contributed by atoms with van der Waals surface area (Å²) in [5.41, 5.74) is 2.47. The monoisotopic (exact) mass is 347 g/mol. The Bertz CT molecular complexity index is 957. The molecular weight excluding hydrogens is 334 g/mol. The number of nitrogens with zero attached hydrogens (tertiary/aromatic N) is 6. The highest BCUT2D eigenvalue weighted by Gasteiger charge is 2.08. The molecule has 4 heterocycles. The van der Waals surface area contributed by atoms with Crippen molar-refractivity contribution in [1.82, 2.24) is 29.9 Å². The molecule has 25 heavy (non-hydrogen) atoms. The van der Waals surface area contributed by atoms with Gasteiger partial charge in [-0.2, -0.15) is 0 Å². The second-order valence-electron chi connectivity index (χ2n) is 5.05. The van der Waals surface area contributed by atoms with Crippen LogP contribution < -0.4 is 5.32 Å². The molecule has 0 aromatic carbocycles. The fourth-order valence-corrected chi connectivity index (χ4v) is 2.94. The molecule has 0 atom stereocenters. The lowest BCUT2D eigenvalue weighted by atomic mass is 10.3. The van der Waals surface area contributed by atoms with Crippen LogP contribution in [0.3, 0.4) is 0 Å². The van der Waals surface area contributed by atoms with Crippen molar-refractivity contribution in [1.29, 1.82) is 0 Å². The van der Waals surface area contributed by atoms with Gasteiger partial charge in [0, 0.05) is 30.2 Å². The molecule has 0 amide bonds. The summed E-state index contributed by atoms with van der Waals surface area (Å²) in [5, 5.41) is 5.95. The van der Waals surface area contributed by atoms with Gasteiger partial charge in [-0.05, 0) is 24.3 Å². The highest BCUT2D eigenvalue weighted by Crippen LogP contribution is 2.20. The van der Waals surface area contributed by atoms with E-state index in [1.165, 1.54) is 11.3 Å². The first-order chi connectivity index (χ1) is 12.4. The van der Waals surface area contributed by atoms with Crippen LogP contribution in [0.15, 0.2) is 60.5 Å². The number of nitrogens with one attached hydrogen (secondary N) is 1. The Morgan fingerprint density at radius 3 is 2.52 bits per heavy atom. The zero-order valence-corrected chi connectivity index (χ0v) is 13.9. The Morgan fingerprint density at radius 2 is 1.68 bits per heavy atom. The van der Waals surface area contributed by atoms with E-state index in [4.69, 9.17) is 0 Å². The molecule has 0 saturated carbocycles. The third-order valence-corrected chi connectivity index (χ3v) is 4.21. The van der Waals surface area contributed by atoms with Gasteiger partial charge in [-0.1, -0.05) is 6.07 Å². The van der Waals surface area contributed by atoms with Crippen molar-refractivity contribution in [2.75, 3.05) is 5.32 Å². The zero-order chi connectivity index (χ0) is 16.9. The first-order valence-electron chi connectivity index (χ1n) is 7.58. The van der Waals surface area contributed by atoms with Crippen molar-refractivity contribution in [3.05, 3.63) is 66.2 Å². The van der Waals surface area contributed by atoms with Gasteiger partial charge in [0.05, 0.1) is 23.6 Å². The summed E-state index contributed by atoms with van der Waals surface area (Å²) in [6, 6.07) is 9.34. The summed E-state index contributed by atoms with van der Waals surface area (Å²) in [6.45, 7) is 0.523. The summed E-state index contributed by atoms with van der Waals surface area (Å²) in [6.07, 6.45) is 6.87. The third-order valence-electron chi connectivity index (χ3n) is 3.32. The predicted octanol–water partition coefficient (Wildman–Crippen LogP) is 3.06. The van der Waals surface area contributed by atoms with E-state index in [1.807, 2.05) is 29.6 Å². The molecule has 0 aliphatic heterocycles. The van der Waals surface area contributed by atoms with Crippen molar-refractivity contribution in [3.8, 4) is 22.2 Å². The molecule has 8 heteroatoms. The van der Waals surface area contributed by atoms with Crippen LogP contribution in [-0.4, -0.2) is 29.9 Å². The van der Waals surface area contributed by atoms with E-state index < -0.39 is 0 Å². The number of thiazole rings is 1. The lowest BCUT2D eigenvalue weighted by Gasteiger charge is -2.04. The Hall–Kier alpha value is -3.26. The standard InChI is InChI=1S/C17H13N7S/c1-2-6-18-13(4-1)14-5-9-21-17(24-14)22-10-12-11-25-16(23-12)15-19-7-3-8-20-15/h1-9,11H,10H2,(H,21,22,24).